The third kappa shape index (κ3) is 0.970. The van der Waals surface area contributed by atoms with Crippen molar-refractivity contribution in [2.24, 2.45) is 5.92 Å². The maximum atomic E-state index is 4.36. The van der Waals surface area contributed by atoms with Crippen LogP contribution in [0.2, 0.25) is 0 Å². The first-order valence-electron chi connectivity index (χ1n) is 3.83. The molecule has 0 aromatic carbocycles. The first kappa shape index (κ1) is 5.69. The number of hydrogen-bond acceptors (Lipinski definition) is 1. The maximum Gasteiger partial charge on any atom is 0.0290 e. The normalized spacial score (nSPS) is 42.7. The summed E-state index contributed by atoms with van der Waals surface area (Å²) >= 11 is 0. The van der Waals surface area contributed by atoms with Crippen LogP contribution in [0.25, 0.3) is 0 Å². The van der Waals surface area contributed by atoms with E-state index in [9.17, 15) is 0 Å². The molecule has 2 saturated heterocycles. The highest BCUT2D eigenvalue weighted by molar-refractivity contribution is 4.88. The van der Waals surface area contributed by atoms with Crippen LogP contribution >= 0.6 is 0 Å². The van der Waals surface area contributed by atoms with Crippen LogP contribution in [-0.4, -0.2) is 25.7 Å². The van der Waals surface area contributed by atoms with E-state index in [-0.39, 0.29) is 0 Å². The van der Waals surface area contributed by atoms with Crippen molar-refractivity contribution in [3.8, 4) is 0 Å². The molecule has 0 aliphatic carbocycles. The van der Waals surface area contributed by atoms with E-state index < -0.39 is 0 Å². The summed E-state index contributed by atoms with van der Waals surface area (Å²) in [4.78, 5) is 0. The van der Waals surface area contributed by atoms with E-state index in [0.717, 1.165) is 25.0 Å². The predicted molar refractivity (Wildman–Crippen MR) is 36.4 cm³/mol. The van der Waals surface area contributed by atoms with Gasteiger partial charge in [-0.05, 0) is 25.3 Å². The Hall–Kier alpha value is -0.0800. The lowest BCUT2D eigenvalue weighted by atomic mass is 9.94. The Bertz CT molecular complexity index is 91.1. The van der Waals surface area contributed by atoms with Gasteiger partial charge in [-0.15, -0.1) is 0 Å². The highest BCUT2D eigenvalue weighted by Gasteiger charge is 2.28. The minimum atomic E-state index is 0.749. The molecule has 0 aromatic heterocycles. The van der Waals surface area contributed by atoms with Gasteiger partial charge in [0.25, 0.3) is 0 Å². The van der Waals surface area contributed by atoms with Crippen molar-refractivity contribution in [3.63, 3.8) is 0 Å². The lowest BCUT2D eigenvalue weighted by Gasteiger charge is -2.23. The van der Waals surface area contributed by atoms with Gasteiger partial charge in [0.1, 0.15) is 0 Å². The second-order valence-corrected chi connectivity index (χ2v) is 3.03. The molecule has 0 bridgehead atoms. The van der Waals surface area contributed by atoms with Crippen LogP contribution in [0.15, 0.2) is 0 Å². The van der Waals surface area contributed by atoms with Gasteiger partial charge in [-0.2, -0.15) is 0 Å². The first-order valence-corrected chi connectivity index (χ1v) is 3.83. The number of fused-ring (bicyclic) bond motifs is 1. The fraction of sp³-hybridized carbons (Fsp3) is 1.00. The van der Waals surface area contributed by atoms with Gasteiger partial charge in [-0.25, -0.2) is 5.32 Å². The summed E-state index contributed by atoms with van der Waals surface area (Å²) in [6.07, 6.45) is 2.72. The van der Waals surface area contributed by atoms with E-state index in [1.54, 1.807) is 0 Å². The van der Waals surface area contributed by atoms with Crippen molar-refractivity contribution in [1.29, 1.82) is 0 Å². The largest absolute Gasteiger partial charge is 0.312 e. The third-order valence-corrected chi connectivity index (χ3v) is 2.47. The average molecular weight is 125 g/mol. The standard InChI is InChI=1S/C7H13N2/c1-3-8-5-7-6(1)2-4-9-7/h6-7,9H,1-5H2. The number of piperidine rings is 1. The number of nitrogens with zero attached hydrogens (tertiary/aromatic N) is 1. The molecule has 2 unspecified atom stereocenters. The molecular weight excluding hydrogens is 112 g/mol. The molecule has 1 N–H and O–H groups in total. The summed E-state index contributed by atoms with van der Waals surface area (Å²) < 4.78 is 0. The Morgan fingerprint density at radius 2 is 2.33 bits per heavy atom. The molecule has 0 saturated carbocycles. The Labute approximate surface area is 56.0 Å². The zero-order valence-corrected chi connectivity index (χ0v) is 5.64. The van der Waals surface area contributed by atoms with Gasteiger partial charge in [-0.3, -0.25) is 0 Å². The lowest BCUT2D eigenvalue weighted by Crippen LogP contribution is -2.40. The highest BCUT2D eigenvalue weighted by Crippen LogP contribution is 2.21. The van der Waals surface area contributed by atoms with Crippen LogP contribution in [0, 0.1) is 5.92 Å². The van der Waals surface area contributed by atoms with Gasteiger partial charge in [0.15, 0.2) is 0 Å². The maximum absolute atomic E-state index is 4.36. The molecule has 2 rings (SSSR count). The number of nitrogens with one attached hydrogen (secondary N) is 1. The number of hydrogen-bond donors (Lipinski definition) is 1. The molecule has 2 atom stereocenters. The van der Waals surface area contributed by atoms with E-state index in [4.69, 9.17) is 0 Å². The Morgan fingerprint density at radius 3 is 3.22 bits per heavy atom. The molecule has 2 fully saturated rings. The smallest absolute Gasteiger partial charge is 0.0290 e. The predicted octanol–water partition coefficient (Wildman–Crippen LogP) is -0.0274. The Morgan fingerprint density at radius 1 is 1.33 bits per heavy atom. The fourth-order valence-electron chi connectivity index (χ4n) is 1.87. The third-order valence-electron chi connectivity index (χ3n) is 2.47. The van der Waals surface area contributed by atoms with E-state index in [1.807, 2.05) is 0 Å². The summed E-state index contributed by atoms with van der Waals surface area (Å²) in [5, 5.41) is 7.82. The van der Waals surface area contributed by atoms with E-state index in [0.29, 0.717) is 0 Å². The lowest BCUT2D eigenvalue weighted by molar-refractivity contribution is 0.338. The molecule has 51 valence electrons. The SMILES string of the molecule is C1CC2CCNC2C[N]1. The first-order chi connectivity index (χ1) is 4.47. The zero-order valence-electron chi connectivity index (χ0n) is 5.64. The highest BCUT2D eigenvalue weighted by atomic mass is 15.0. The Kier molecular flexibility index (Phi) is 1.44. The second kappa shape index (κ2) is 2.27. The minimum Gasteiger partial charge on any atom is -0.312 e. The summed E-state index contributed by atoms with van der Waals surface area (Å²) in [6.45, 7) is 3.42. The van der Waals surface area contributed by atoms with Crippen LogP contribution in [0.3, 0.4) is 0 Å². The van der Waals surface area contributed by atoms with Crippen molar-refractivity contribution >= 4 is 0 Å². The van der Waals surface area contributed by atoms with Gasteiger partial charge in [0.2, 0.25) is 0 Å². The molecule has 9 heavy (non-hydrogen) atoms. The zero-order chi connectivity index (χ0) is 6.10. The van der Waals surface area contributed by atoms with E-state index in [1.165, 1.54) is 19.4 Å². The van der Waals surface area contributed by atoms with Gasteiger partial charge in [0, 0.05) is 19.1 Å². The molecule has 1 radical (unpaired) electrons. The van der Waals surface area contributed by atoms with Gasteiger partial charge in [0.05, 0.1) is 0 Å². The van der Waals surface area contributed by atoms with Crippen LogP contribution < -0.4 is 10.6 Å². The fourth-order valence-corrected chi connectivity index (χ4v) is 1.87. The summed E-state index contributed by atoms with van der Waals surface area (Å²) in [6, 6.07) is 0.749. The summed E-state index contributed by atoms with van der Waals surface area (Å²) in [5.74, 6) is 0.961. The van der Waals surface area contributed by atoms with E-state index in [2.05, 4.69) is 10.6 Å². The van der Waals surface area contributed by atoms with Gasteiger partial charge < -0.3 is 5.32 Å². The molecule has 0 spiro atoms. The molecule has 2 aliphatic rings. The Balaban J connectivity index is 1.97. The van der Waals surface area contributed by atoms with Crippen LogP contribution in [0.1, 0.15) is 12.8 Å². The van der Waals surface area contributed by atoms with Crippen molar-refractivity contribution in [1.82, 2.24) is 10.6 Å². The van der Waals surface area contributed by atoms with Gasteiger partial charge >= 0.3 is 0 Å². The molecule has 0 aromatic rings. The number of rotatable bonds is 0. The van der Waals surface area contributed by atoms with Gasteiger partial charge in [-0.1, -0.05) is 0 Å². The molecular formula is C7H13N2. The van der Waals surface area contributed by atoms with E-state index >= 15 is 0 Å². The monoisotopic (exact) mass is 125 g/mol. The quantitative estimate of drug-likeness (QED) is 0.483. The molecule has 2 heteroatoms. The van der Waals surface area contributed by atoms with Crippen molar-refractivity contribution in [3.05, 3.63) is 0 Å². The molecule has 2 heterocycles. The average Bonchev–Trinajstić information content (AvgIpc) is 2.33. The minimum absolute atomic E-state index is 0.749. The van der Waals surface area contributed by atoms with Crippen molar-refractivity contribution < 1.29 is 0 Å². The summed E-state index contributed by atoms with van der Waals surface area (Å²) in [5.41, 5.74) is 0. The van der Waals surface area contributed by atoms with Crippen LogP contribution in [-0.2, 0) is 0 Å². The summed E-state index contributed by atoms with van der Waals surface area (Å²) in [7, 11) is 0. The van der Waals surface area contributed by atoms with Crippen LogP contribution in [0.5, 0.6) is 0 Å². The second-order valence-electron chi connectivity index (χ2n) is 3.03. The van der Waals surface area contributed by atoms with Crippen molar-refractivity contribution in [2.75, 3.05) is 19.6 Å². The van der Waals surface area contributed by atoms with Crippen LogP contribution in [0.4, 0.5) is 0 Å². The van der Waals surface area contributed by atoms with Crippen molar-refractivity contribution in [2.45, 2.75) is 18.9 Å². The molecule has 2 nitrogen and oxygen atoms in total. The topological polar surface area (TPSA) is 26.1 Å². The molecule has 0 amide bonds. The molecule has 2 aliphatic heterocycles.